The minimum Gasteiger partial charge on any atom is -0.369 e. The predicted molar refractivity (Wildman–Crippen MR) is 194 cm³/mol. The number of anilines is 3. The number of piperidine rings is 2. The smallest absolute Gasteiger partial charge is 0.234 e. The SMILES string of the molecule is Cc1ccc(-c2cnc(Nc3cnn(C4CCN(CCN5CCN(c6ccc(C7CCC(=O)NC7=O)cc6)CC5)CC4)c3)c3nccn23)cc1. The summed E-state index contributed by atoms with van der Waals surface area (Å²) < 4.78 is 4.19. The average molecular weight is 673 g/mol. The van der Waals surface area contributed by atoms with E-state index in [1.54, 1.807) is 0 Å². The monoisotopic (exact) mass is 672 g/mol. The van der Waals surface area contributed by atoms with Crippen molar-refractivity contribution in [3.63, 3.8) is 0 Å². The lowest BCUT2D eigenvalue weighted by atomic mass is 9.90. The fraction of sp³-hybridized carbons (Fsp3) is 0.395. The number of rotatable bonds is 9. The molecule has 5 aromatic rings. The van der Waals surface area contributed by atoms with Gasteiger partial charge in [0, 0.05) is 88.6 Å². The number of hydrogen-bond donors (Lipinski definition) is 2. The molecule has 0 radical (unpaired) electrons. The summed E-state index contributed by atoms with van der Waals surface area (Å²) in [7, 11) is 0. The molecular formula is C38H44N10O2. The lowest BCUT2D eigenvalue weighted by Crippen LogP contribution is -2.49. The summed E-state index contributed by atoms with van der Waals surface area (Å²) >= 11 is 0. The number of imidazole rings is 1. The Kier molecular flexibility index (Phi) is 9.03. The third-order valence-corrected chi connectivity index (χ3v) is 10.6. The summed E-state index contributed by atoms with van der Waals surface area (Å²) in [5, 5.41) is 10.6. The second-order valence-corrected chi connectivity index (χ2v) is 13.8. The van der Waals surface area contributed by atoms with E-state index in [4.69, 9.17) is 10.1 Å². The Labute approximate surface area is 292 Å². The zero-order valence-electron chi connectivity index (χ0n) is 28.5. The van der Waals surface area contributed by atoms with Crippen molar-refractivity contribution in [2.75, 3.05) is 62.6 Å². The van der Waals surface area contributed by atoms with Gasteiger partial charge in [0.25, 0.3) is 0 Å². The highest BCUT2D eigenvalue weighted by Crippen LogP contribution is 2.29. The van der Waals surface area contributed by atoms with Crippen LogP contribution in [0.2, 0.25) is 0 Å². The number of piperazine rings is 1. The maximum absolute atomic E-state index is 12.3. The Morgan fingerprint density at radius 2 is 1.58 bits per heavy atom. The van der Waals surface area contributed by atoms with Crippen molar-refractivity contribution in [3.05, 3.63) is 90.6 Å². The number of carbonyl (C=O) groups excluding carboxylic acids is 2. The van der Waals surface area contributed by atoms with Gasteiger partial charge in [-0.1, -0.05) is 42.0 Å². The summed E-state index contributed by atoms with van der Waals surface area (Å²) in [4.78, 5) is 40.7. The number of aryl methyl sites for hydroxylation is 1. The lowest BCUT2D eigenvalue weighted by molar-refractivity contribution is -0.134. The highest BCUT2D eigenvalue weighted by atomic mass is 16.2. The van der Waals surface area contributed by atoms with E-state index in [9.17, 15) is 9.59 Å². The number of aromatic nitrogens is 5. The molecule has 50 heavy (non-hydrogen) atoms. The fourth-order valence-electron chi connectivity index (χ4n) is 7.53. The number of amides is 2. The molecule has 0 saturated carbocycles. The molecule has 3 saturated heterocycles. The van der Waals surface area contributed by atoms with Crippen LogP contribution in [0, 0.1) is 6.92 Å². The number of benzene rings is 2. The average Bonchev–Trinajstić information content (AvgIpc) is 3.83. The maximum atomic E-state index is 12.3. The maximum Gasteiger partial charge on any atom is 0.234 e. The van der Waals surface area contributed by atoms with Crippen LogP contribution in [0.4, 0.5) is 17.2 Å². The van der Waals surface area contributed by atoms with Crippen molar-refractivity contribution in [2.45, 2.75) is 44.6 Å². The number of carbonyl (C=O) groups is 2. The topological polar surface area (TPSA) is 116 Å². The quantitative estimate of drug-likeness (QED) is 0.217. The molecule has 3 aliphatic heterocycles. The van der Waals surface area contributed by atoms with Gasteiger partial charge in [-0.3, -0.25) is 28.9 Å². The largest absolute Gasteiger partial charge is 0.369 e. The van der Waals surface area contributed by atoms with Crippen LogP contribution in [0.1, 0.15) is 48.8 Å². The van der Waals surface area contributed by atoms with Gasteiger partial charge in [0.2, 0.25) is 11.8 Å². The van der Waals surface area contributed by atoms with Crippen LogP contribution in [0.25, 0.3) is 16.9 Å². The van der Waals surface area contributed by atoms with Gasteiger partial charge in [-0.2, -0.15) is 5.10 Å². The zero-order valence-corrected chi connectivity index (χ0v) is 28.5. The number of imide groups is 1. The molecule has 0 aliphatic carbocycles. The number of nitrogens with zero attached hydrogens (tertiary/aromatic N) is 8. The van der Waals surface area contributed by atoms with Crippen molar-refractivity contribution < 1.29 is 9.59 Å². The van der Waals surface area contributed by atoms with E-state index in [0.717, 1.165) is 93.4 Å². The number of fused-ring (bicyclic) bond motifs is 1. The van der Waals surface area contributed by atoms with Gasteiger partial charge in [0.1, 0.15) is 0 Å². The molecule has 1 atom stereocenters. The van der Waals surface area contributed by atoms with Gasteiger partial charge in [-0.25, -0.2) is 9.97 Å². The van der Waals surface area contributed by atoms with Crippen molar-refractivity contribution in [1.82, 2.24) is 39.3 Å². The van der Waals surface area contributed by atoms with E-state index in [2.05, 4.69) is 88.9 Å². The third kappa shape index (κ3) is 6.86. The van der Waals surface area contributed by atoms with E-state index in [1.165, 1.54) is 11.3 Å². The molecule has 3 aromatic heterocycles. The predicted octanol–water partition coefficient (Wildman–Crippen LogP) is 4.62. The minimum atomic E-state index is -0.233. The molecule has 2 N–H and O–H groups in total. The van der Waals surface area contributed by atoms with Crippen LogP contribution in [0.15, 0.2) is 79.5 Å². The molecule has 12 nitrogen and oxygen atoms in total. The van der Waals surface area contributed by atoms with E-state index in [0.29, 0.717) is 24.7 Å². The summed E-state index contributed by atoms with van der Waals surface area (Å²) in [5.74, 6) is 0.127. The van der Waals surface area contributed by atoms with Crippen LogP contribution < -0.4 is 15.5 Å². The van der Waals surface area contributed by atoms with Gasteiger partial charge in [-0.15, -0.1) is 0 Å². The Balaban J connectivity index is 0.787. The molecule has 258 valence electrons. The van der Waals surface area contributed by atoms with Gasteiger partial charge in [0.05, 0.1) is 35.7 Å². The van der Waals surface area contributed by atoms with E-state index >= 15 is 0 Å². The van der Waals surface area contributed by atoms with Gasteiger partial charge < -0.3 is 15.1 Å². The molecule has 2 amide bonds. The highest BCUT2D eigenvalue weighted by molar-refractivity contribution is 6.01. The first-order valence-electron chi connectivity index (χ1n) is 17.8. The molecule has 12 heteroatoms. The van der Waals surface area contributed by atoms with Gasteiger partial charge in [-0.05, 0) is 43.9 Å². The first-order valence-corrected chi connectivity index (χ1v) is 17.8. The van der Waals surface area contributed by atoms with E-state index in [-0.39, 0.29) is 17.7 Å². The first-order chi connectivity index (χ1) is 24.5. The van der Waals surface area contributed by atoms with Crippen LogP contribution in [-0.4, -0.2) is 98.1 Å². The fourth-order valence-corrected chi connectivity index (χ4v) is 7.53. The van der Waals surface area contributed by atoms with Gasteiger partial charge in [0.15, 0.2) is 11.5 Å². The number of hydrogen-bond acceptors (Lipinski definition) is 9. The molecule has 6 heterocycles. The number of nitrogens with one attached hydrogen (secondary N) is 2. The molecule has 2 aromatic carbocycles. The van der Waals surface area contributed by atoms with Crippen LogP contribution in [0.3, 0.4) is 0 Å². The standard InChI is InChI=1S/C38H44N10O2/c1-27-2-4-29(5-3-27)34-25-40-36(37-39-14-17-47(34)37)42-30-24-41-48(26-30)32-12-15-44(16-13-32)18-19-45-20-22-46(23-21-45)31-8-6-28(7-9-31)33-10-11-35(49)43-38(33)50/h2-9,14,17,24-26,32-33H,10-13,15-16,18-23H2,1H3,(H,40,42)(H,43,49,50). The molecule has 8 rings (SSSR count). The number of likely N-dealkylation sites (tertiary alicyclic amines) is 1. The Morgan fingerprint density at radius 3 is 2.32 bits per heavy atom. The molecule has 3 aliphatic rings. The van der Waals surface area contributed by atoms with Crippen LogP contribution in [-0.2, 0) is 9.59 Å². The second-order valence-electron chi connectivity index (χ2n) is 13.8. The molecule has 1 unspecified atom stereocenters. The third-order valence-electron chi connectivity index (χ3n) is 10.6. The molecule has 0 spiro atoms. The van der Waals surface area contributed by atoms with Crippen molar-refractivity contribution >= 4 is 34.7 Å². The van der Waals surface area contributed by atoms with Crippen LogP contribution in [0.5, 0.6) is 0 Å². The van der Waals surface area contributed by atoms with E-state index < -0.39 is 0 Å². The van der Waals surface area contributed by atoms with Crippen molar-refractivity contribution in [2.24, 2.45) is 0 Å². The first kappa shape index (κ1) is 32.2. The Bertz CT molecular complexity index is 1950. The van der Waals surface area contributed by atoms with E-state index in [1.807, 2.05) is 36.9 Å². The highest BCUT2D eigenvalue weighted by Gasteiger charge is 2.28. The lowest BCUT2D eigenvalue weighted by Gasteiger charge is -2.38. The molecular weight excluding hydrogens is 628 g/mol. The Morgan fingerprint density at radius 1 is 0.840 bits per heavy atom. The molecule has 0 bridgehead atoms. The van der Waals surface area contributed by atoms with Crippen molar-refractivity contribution in [3.8, 4) is 11.3 Å². The summed E-state index contributed by atoms with van der Waals surface area (Å²) in [6, 6.07) is 17.2. The zero-order chi connectivity index (χ0) is 34.0. The van der Waals surface area contributed by atoms with Gasteiger partial charge >= 0.3 is 0 Å². The Hall–Kier alpha value is -5.07. The minimum absolute atomic E-state index is 0.172. The van der Waals surface area contributed by atoms with Crippen molar-refractivity contribution in [1.29, 1.82) is 0 Å². The molecule has 3 fully saturated rings. The second kappa shape index (κ2) is 14.0. The van der Waals surface area contributed by atoms with Crippen LogP contribution >= 0.6 is 0 Å². The summed E-state index contributed by atoms with van der Waals surface area (Å²) in [6.45, 7) is 10.5. The normalized spacial score (nSPS) is 19.6. The summed E-state index contributed by atoms with van der Waals surface area (Å²) in [6.07, 6.45) is 12.8. The summed E-state index contributed by atoms with van der Waals surface area (Å²) in [5.41, 5.74) is 7.21.